The number of nitrogens with one attached hydrogen (secondary N) is 2. The first-order chi connectivity index (χ1) is 21.6. The van der Waals surface area contributed by atoms with E-state index in [0.29, 0.717) is 22.7 Å². The van der Waals surface area contributed by atoms with Gasteiger partial charge in [0.25, 0.3) is 5.91 Å². The lowest BCUT2D eigenvalue weighted by Crippen LogP contribution is -2.47. The van der Waals surface area contributed by atoms with Gasteiger partial charge in [0.1, 0.15) is 0 Å². The predicted octanol–water partition coefficient (Wildman–Crippen LogP) is 6.35. The highest BCUT2D eigenvalue weighted by atomic mass is 16.2. The van der Waals surface area contributed by atoms with Crippen LogP contribution in [0.3, 0.4) is 0 Å². The third-order valence-electron chi connectivity index (χ3n) is 8.24. The first-order valence-corrected chi connectivity index (χ1v) is 15.3. The summed E-state index contributed by atoms with van der Waals surface area (Å²) in [6, 6.07) is 23.8. The smallest absolute Gasteiger partial charge is 0.255 e. The number of piperazine rings is 1. The molecule has 9 heteroatoms. The number of nitrogens with zero attached hydrogens (tertiary/aromatic N) is 5. The van der Waals surface area contributed by atoms with Crippen molar-refractivity contribution in [2.75, 3.05) is 36.8 Å². The second-order valence-corrected chi connectivity index (χ2v) is 12.6. The minimum atomic E-state index is -0.158. The van der Waals surface area contributed by atoms with E-state index in [0.717, 1.165) is 49.7 Å². The summed E-state index contributed by atoms with van der Waals surface area (Å²) < 4.78 is 1.95. The zero-order valence-corrected chi connectivity index (χ0v) is 26.2. The first-order valence-electron chi connectivity index (χ1n) is 15.3. The number of hydrogen-bond acceptors (Lipinski definition) is 6. The zero-order valence-electron chi connectivity index (χ0n) is 26.2. The second-order valence-electron chi connectivity index (χ2n) is 12.6. The van der Waals surface area contributed by atoms with Crippen molar-refractivity contribution in [3.05, 3.63) is 108 Å². The number of hydrogen-bond donors (Lipinski definition) is 2. The Labute approximate surface area is 263 Å². The van der Waals surface area contributed by atoms with Gasteiger partial charge in [-0.1, -0.05) is 57.2 Å². The van der Waals surface area contributed by atoms with E-state index in [4.69, 9.17) is 4.98 Å². The van der Waals surface area contributed by atoms with E-state index in [1.54, 1.807) is 13.1 Å². The molecule has 0 spiro atoms. The molecular weight excluding hydrogens is 562 g/mol. The largest absolute Gasteiger partial charge is 0.340 e. The van der Waals surface area contributed by atoms with Crippen molar-refractivity contribution in [1.29, 1.82) is 0 Å². The van der Waals surface area contributed by atoms with Gasteiger partial charge in [0.2, 0.25) is 5.91 Å². The molecule has 2 N–H and O–H groups in total. The van der Waals surface area contributed by atoms with E-state index in [1.807, 2.05) is 70.2 Å². The highest BCUT2D eigenvalue weighted by molar-refractivity contribution is 6.04. The van der Waals surface area contributed by atoms with Gasteiger partial charge >= 0.3 is 0 Å². The van der Waals surface area contributed by atoms with Gasteiger partial charge in [-0.3, -0.25) is 14.5 Å². The predicted molar refractivity (Wildman–Crippen MR) is 179 cm³/mol. The van der Waals surface area contributed by atoms with Gasteiger partial charge in [-0.15, -0.1) is 0 Å². The highest BCUT2D eigenvalue weighted by Crippen LogP contribution is 2.27. The third kappa shape index (κ3) is 7.05. The summed E-state index contributed by atoms with van der Waals surface area (Å²) >= 11 is 0. The Kier molecular flexibility index (Phi) is 8.36. The third-order valence-corrected chi connectivity index (χ3v) is 8.24. The van der Waals surface area contributed by atoms with Crippen LogP contribution in [-0.4, -0.2) is 62.2 Å². The summed E-state index contributed by atoms with van der Waals surface area (Å²) in [6.07, 6.45) is 5.59. The molecule has 230 valence electrons. The average molecular weight is 602 g/mol. The Hall–Kier alpha value is -5.02. The van der Waals surface area contributed by atoms with E-state index in [1.165, 1.54) is 11.1 Å². The van der Waals surface area contributed by atoms with Gasteiger partial charge in [0.05, 0.1) is 5.69 Å². The minimum Gasteiger partial charge on any atom is -0.340 e. The fourth-order valence-electron chi connectivity index (χ4n) is 5.55. The van der Waals surface area contributed by atoms with Crippen LogP contribution in [0.2, 0.25) is 0 Å². The van der Waals surface area contributed by atoms with Crippen molar-refractivity contribution in [3.8, 4) is 11.3 Å². The number of aromatic nitrogens is 3. The summed E-state index contributed by atoms with van der Waals surface area (Å²) in [5.74, 6) is 0.625. The second kappa shape index (κ2) is 12.5. The molecule has 5 aromatic rings. The number of carbonyl (C=O) groups excluding carboxylic acids is 2. The van der Waals surface area contributed by atoms with E-state index >= 15 is 0 Å². The fourth-order valence-corrected chi connectivity index (χ4v) is 5.55. The zero-order chi connectivity index (χ0) is 31.6. The van der Waals surface area contributed by atoms with E-state index in [-0.39, 0.29) is 17.2 Å². The van der Waals surface area contributed by atoms with Gasteiger partial charge in [0.15, 0.2) is 11.5 Å². The quantitative estimate of drug-likeness (QED) is 0.226. The number of rotatable bonds is 7. The van der Waals surface area contributed by atoms with Crippen LogP contribution >= 0.6 is 0 Å². The molecule has 1 aliphatic rings. The lowest BCUT2D eigenvalue weighted by atomic mass is 9.87. The van der Waals surface area contributed by atoms with Gasteiger partial charge in [-0.2, -0.15) is 0 Å². The normalized spacial score (nSPS) is 14.0. The monoisotopic (exact) mass is 601 g/mol. The lowest BCUT2D eigenvalue weighted by molar-refractivity contribution is -0.130. The molecule has 1 fully saturated rings. The van der Waals surface area contributed by atoms with Gasteiger partial charge in [-0.25, -0.2) is 9.97 Å². The number of carbonyl (C=O) groups is 2. The molecule has 6 rings (SSSR count). The molecule has 1 aliphatic heterocycles. The number of benzene rings is 3. The average Bonchev–Trinajstić information content (AvgIpc) is 3.51. The number of anilines is 3. The maximum atomic E-state index is 13.0. The van der Waals surface area contributed by atoms with Crippen LogP contribution in [0, 0.1) is 0 Å². The van der Waals surface area contributed by atoms with Crippen LogP contribution in [0.1, 0.15) is 49.2 Å². The molecular formula is C36H39N7O2. The molecule has 0 radical (unpaired) electrons. The van der Waals surface area contributed by atoms with Gasteiger partial charge in [-0.05, 0) is 52.9 Å². The molecule has 45 heavy (non-hydrogen) atoms. The van der Waals surface area contributed by atoms with Crippen molar-refractivity contribution in [1.82, 2.24) is 24.2 Å². The maximum absolute atomic E-state index is 13.0. The van der Waals surface area contributed by atoms with Crippen LogP contribution in [0.5, 0.6) is 0 Å². The number of fused-ring (bicyclic) bond motifs is 1. The van der Waals surface area contributed by atoms with Crippen molar-refractivity contribution in [3.63, 3.8) is 0 Å². The molecule has 2 aromatic heterocycles. The SMILES string of the molecule is CC(=O)N1CCN(Cc2ccc(Nc3nc(-c4cccc(NC(=O)c5ccc(C(C)(C)C)cc5)c4)cn4ccnc34)cc2)CC1. The maximum Gasteiger partial charge on any atom is 0.255 e. The summed E-state index contributed by atoms with van der Waals surface area (Å²) in [5.41, 5.74) is 6.97. The van der Waals surface area contributed by atoms with Crippen LogP contribution in [0.25, 0.3) is 16.9 Å². The molecule has 0 bridgehead atoms. The molecule has 1 saturated heterocycles. The molecule has 0 atom stereocenters. The van der Waals surface area contributed by atoms with Crippen LogP contribution in [0.15, 0.2) is 91.4 Å². The highest BCUT2D eigenvalue weighted by Gasteiger charge is 2.19. The van der Waals surface area contributed by atoms with Crippen molar-refractivity contribution in [2.24, 2.45) is 0 Å². The number of amides is 2. The standard InChI is InChI=1S/C36H39N7O2/c1-25(44)42-20-18-41(19-21-42)23-26-8-14-30(15-9-26)38-33-34-37-16-17-43(34)24-32(40-33)28-6-5-7-31(22-28)39-35(45)27-10-12-29(13-11-27)36(2,3)4/h5-17,22,24H,18-21,23H2,1-4H3,(H,38,40)(H,39,45). The number of imidazole rings is 1. The Bertz CT molecular complexity index is 1810. The van der Waals surface area contributed by atoms with E-state index in [2.05, 4.69) is 65.6 Å². The topological polar surface area (TPSA) is 94.9 Å². The molecule has 9 nitrogen and oxygen atoms in total. The Morgan fingerprint density at radius 3 is 2.31 bits per heavy atom. The van der Waals surface area contributed by atoms with Gasteiger partial charge in [0, 0.05) is 80.7 Å². The molecule has 0 unspecified atom stereocenters. The van der Waals surface area contributed by atoms with E-state index in [9.17, 15) is 9.59 Å². The Morgan fingerprint density at radius 1 is 0.889 bits per heavy atom. The van der Waals surface area contributed by atoms with Crippen molar-refractivity contribution < 1.29 is 9.59 Å². The summed E-state index contributed by atoms with van der Waals surface area (Å²) in [6.45, 7) is 12.3. The van der Waals surface area contributed by atoms with Crippen molar-refractivity contribution in [2.45, 2.75) is 39.7 Å². The molecule has 3 heterocycles. The van der Waals surface area contributed by atoms with Crippen molar-refractivity contribution >= 4 is 34.7 Å². The first kappa shape index (κ1) is 30.0. The fraction of sp³-hybridized carbons (Fsp3) is 0.278. The molecule has 2 amide bonds. The van der Waals surface area contributed by atoms with Crippen LogP contribution in [0.4, 0.5) is 17.2 Å². The van der Waals surface area contributed by atoms with Crippen LogP contribution in [-0.2, 0) is 16.8 Å². The molecule has 3 aromatic carbocycles. The van der Waals surface area contributed by atoms with E-state index < -0.39 is 0 Å². The summed E-state index contributed by atoms with van der Waals surface area (Å²) in [4.78, 5) is 38.4. The molecule has 0 aliphatic carbocycles. The summed E-state index contributed by atoms with van der Waals surface area (Å²) in [5, 5.41) is 6.49. The van der Waals surface area contributed by atoms with Crippen LogP contribution < -0.4 is 10.6 Å². The lowest BCUT2D eigenvalue weighted by Gasteiger charge is -2.34. The minimum absolute atomic E-state index is 0.0263. The molecule has 0 saturated carbocycles. The summed E-state index contributed by atoms with van der Waals surface area (Å²) in [7, 11) is 0. The Balaban J connectivity index is 1.16. The van der Waals surface area contributed by atoms with Gasteiger partial charge < -0.3 is 19.9 Å². The Morgan fingerprint density at radius 2 is 1.62 bits per heavy atom.